The van der Waals surface area contributed by atoms with Crippen molar-refractivity contribution in [3.8, 4) is 23.4 Å². The zero-order valence-electron chi connectivity index (χ0n) is 14.4. The summed E-state index contributed by atoms with van der Waals surface area (Å²) >= 11 is 0. The van der Waals surface area contributed by atoms with Crippen LogP contribution in [0.15, 0.2) is 72.9 Å². The number of aromatic nitrogens is 3. The highest BCUT2D eigenvalue weighted by molar-refractivity contribution is 5.79. The molecule has 0 bridgehead atoms. The van der Waals surface area contributed by atoms with Crippen LogP contribution in [0.25, 0.3) is 22.4 Å². The van der Waals surface area contributed by atoms with Crippen LogP contribution in [0, 0.1) is 11.8 Å². The molecule has 0 saturated carbocycles. The van der Waals surface area contributed by atoms with Crippen LogP contribution in [-0.2, 0) is 6.18 Å². The first-order valence-corrected chi connectivity index (χ1v) is 8.38. The van der Waals surface area contributed by atoms with E-state index >= 15 is 0 Å². The van der Waals surface area contributed by atoms with E-state index in [0.29, 0.717) is 5.52 Å². The molecule has 2 aromatic heterocycles. The van der Waals surface area contributed by atoms with Crippen molar-refractivity contribution in [3.63, 3.8) is 0 Å². The standard InChI is InChI=1S/C22H12F3N3/c23-22(24,25)18-13-12-17(11-10-15-6-2-1-3-7-15)27-20(18)21-26-14-16-8-4-5-9-19(16)28-21/h1-9,12-14H. The lowest BCUT2D eigenvalue weighted by atomic mass is 10.1. The van der Waals surface area contributed by atoms with Gasteiger partial charge in [-0.25, -0.2) is 15.0 Å². The smallest absolute Gasteiger partial charge is 0.235 e. The van der Waals surface area contributed by atoms with Gasteiger partial charge in [-0.15, -0.1) is 0 Å². The molecule has 0 atom stereocenters. The molecule has 0 spiro atoms. The predicted octanol–water partition coefficient (Wildman–Crippen LogP) is 5.11. The van der Waals surface area contributed by atoms with E-state index in [1.54, 1.807) is 18.2 Å². The lowest BCUT2D eigenvalue weighted by Crippen LogP contribution is -2.10. The van der Waals surface area contributed by atoms with Crippen LogP contribution >= 0.6 is 0 Å². The van der Waals surface area contributed by atoms with Gasteiger partial charge in [0.1, 0.15) is 11.4 Å². The van der Waals surface area contributed by atoms with E-state index in [-0.39, 0.29) is 17.2 Å². The maximum Gasteiger partial charge on any atom is 0.418 e. The largest absolute Gasteiger partial charge is 0.418 e. The Morgan fingerprint density at radius 2 is 1.50 bits per heavy atom. The second kappa shape index (κ2) is 7.12. The molecule has 0 amide bonds. The Labute approximate surface area is 158 Å². The quantitative estimate of drug-likeness (QED) is 0.434. The van der Waals surface area contributed by atoms with E-state index in [1.807, 2.05) is 36.4 Å². The lowest BCUT2D eigenvalue weighted by Gasteiger charge is -2.11. The molecule has 0 radical (unpaired) electrons. The number of alkyl halides is 3. The molecule has 2 heterocycles. The zero-order valence-corrected chi connectivity index (χ0v) is 14.4. The first-order chi connectivity index (χ1) is 13.5. The number of benzene rings is 2. The number of nitrogens with zero attached hydrogens (tertiary/aromatic N) is 3. The van der Waals surface area contributed by atoms with Crippen LogP contribution in [0.4, 0.5) is 13.2 Å². The van der Waals surface area contributed by atoms with Gasteiger partial charge in [0.05, 0.1) is 11.1 Å². The summed E-state index contributed by atoms with van der Waals surface area (Å²) in [6.45, 7) is 0. The molecule has 6 heteroatoms. The molecule has 0 fully saturated rings. The predicted molar refractivity (Wildman–Crippen MR) is 100 cm³/mol. The SMILES string of the molecule is FC(F)(F)c1ccc(C#Cc2ccccc2)nc1-c1ncc2ccccc2n1. The number of rotatable bonds is 1. The van der Waals surface area contributed by atoms with Crippen molar-refractivity contribution in [2.45, 2.75) is 6.18 Å². The van der Waals surface area contributed by atoms with Crippen molar-refractivity contribution >= 4 is 10.9 Å². The van der Waals surface area contributed by atoms with Gasteiger partial charge >= 0.3 is 6.18 Å². The van der Waals surface area contributed by atoms with Crippen LogP contribution in [0.3, 0.4) is 0 Å². The number of pyridine rings is 1. The van der Waals surface area contributed by atoms with Crippen molar-refractivity contribution in [1.82, 2.24) is 15.0 Å². The number of para-hydroxylation sites is 1. The van der Waals surface area contributed by atoms with Gasteiger partial charge in [0, 0.05) is 17.1 Å². The number of fused-ring (bicyclic) bond motifs is 1. The Morgan fingerprint density at radius 3 is 2.29 bits per heavy atom. The third kappa shape index (κ3) is 3.69. The van der Waals surface area contributed by atoms with Crippen molar-refractivity contribution < 1.29 is 13.2 Å². The summed E-state index contributed by atoms with van der Waals surface area (Å²) < 4.78 is 40.5. The molecule has 28 heavy (non-hydrogen) atoms. The van der Waals surface area contributed by atoms with E-state index in [4.69, 9.17) is 0 Å². The van der Waals surface area contributed by atoms with Crippen LogP contribution in [-0.4, -0.2) is 15.0 Å². The fourth-order valence-corrected chi connectivity index (χ4v) is 2.67. The molecule has 0 N–H and O–H groups in total. The Morgan fingerprint density at radius 1 is 0.750 bits per heavy atom. The summed E-state index contributed by atoms with van der Waals surface area (Å²) in [5.74, 6) is 5.61. The van der Waals surface area contributed by atoms with Gasteiger partial charge in [0.15, 0.2) is 5.82 Å². The maximum atomic E-state index is 13.5. The Kier molecular flexibility index (Phi) is 4.50. The van der Waals surface area contributed by atoms with Gasteiger partial charge in [-0.1, -0.05) is 42.3 Å². The third-order valence-electron chi connectivity index (χ3n) is 4.01. The second-order valence-corrected chi connectivity index (χ2v) is 5.96. The highest BCUT2D eigenvalue weighted by Crippen LogP contribution is 2.35. The summed E-state index contributed by atoms with van der Waals surface area (Å²) in [6.07, 6.45) is -3.09. The van der Waals surface area contributed by atoms with Crippen molar-refractivity contribution in [3.05, 3.63) is 89.7 Å². The van der Waals surface area contributed by atoms with Crippen molar-refractivity contribution in [2.24, 2.45) is 0 Å². The van der Waals surface area contributed by atoms with Crippen LogP contribution in [0.2, 0.25) is 0 Å². The fraction of sp³-hybridized carbons (Fsp3) is 0.0455. The molecule has 136 valence electrons. The first kappa shape index (κ1) is 17.7. The molecule has 2 aromatic carbocycles. The van der Waals surface area contributed by atoms with Crippen LogP contribution in [0.1, 0.15) is 16.8 Å². The molecule has 4 aromatic rings. The highest BCUT2D eigenvalue weighted by Gasteiger charge is 2.35. The summed E-state index contributed by atoms with van der Waals surface area (Å²) in [5, 5.41) is 0.736. The maximum absolute atomic E-state index is 13.5. The molecule has 0 aliphatic heterocycles. The van der Waals surface area contributed by atoms with Gasteiger partial charge < -0.3 is 0 Å². The number of hydrogen-bond acceptors (Lipinski definition) is 3. The molecule has 0 saturated heterocycles. The molecule has 0 aliphatic rings. The highest BCUT2D eigenvalue weighted by atomic mass is 19.4. The minimum Gasteiger partial charge on any atom is -0.235 e. The third-order valence-corrected chi connectivity index (χ3v) is 4.01. The van der Waals surface area contributed by atoms with Gasteiger partial charge in [0.25, 0.3) is 0 Å². The summed E-state index contributed by atoms with van der Waals surface area (Å²) in [7, 11) is 0. The molecule has 4 rings (SSSR count). The van der Waals surface area contributed by atoms with Crippen LogP contribution in [0.5, 0.6) is 0 Å². The average molecular weight is 375 g/mol. The van der Waals surface area contributed by atoms with Crippen molar-refractivity contribution in [2.75, 3.05) is 0 Å². The minimum atomic E-state index is -4.58. The molecule has 0 aliphatic carbocycles. The second-order valence-electron chi connectivity index (χ2n) is 5.96. The Bertz CT molecular complexity index is 1210. The summed E-state index contributed by atoms with van der Waals surface area (Å²) in [5.41, 5.74) is 0.269. The topological polar surface area (TPSA) is 38.7 Å². The van der Waals surface area contributed by atoms with Crippen LogP contribution < -0.4 is 0 Å². The monoisotopic (exact) mass is 375 g/mol. The first-order valence-electron chi connectivity index (χ1n) is 8.38. The number of halogens is 3. The molecular formula is C22H12F3N3. The minimum absolute atomic E-state index is 0.0885. The average Bonchev–Trinajstić information content (AvgIpc) is 2.72. The fourth-order valence-electron chi connectivity index (χ4n) is 2.67. The van der Waals surface area contributed by atoms with Gasteiger partial charge in [-0.05, 0) is 36.3 Å². The molecule has 0 unspecified atom stereocenters. The zero-order chi connectivity index (χ0) is 19.6. The van der Waals surface area contributed by atoms with Crippen molar-refractivity contribution in [1.29, 1.82) is 0 Å². The van der Waals surface area contributed by atoms with E-state index in [1.165, 1.54) is 12.3 Å². The van der Waals surface area contributed by atoms with E-state index in [9.17, 15) is 13.2 Å². The van der Waals surface area contributed by atoms with E-state index in [2.05, 4.69) is 26.8 Å². The normalized spacial score (nSPS) is 11.1. The van der Waals surface area contributed by atoms with Gasteiger partial charge in [-0.3, -0.25) is 0 Å². The molecular weight excluding hydrogens is 363 g/mol. The van der Waals surface area contributed by atoms with Gasteiger partial charge in [-0.2, -0.15) is 13.2 Å². The number of hydrogen-bond donors (Lipinski definition) is 0. The molecule has 3 nitrogen and oxygen atoms in total. The van der Waals surface area contributed by atoms with Gasteiger partial charge in [0.2, 0.25) is 0 Å². The Balaban J connectivity index is 1.84. The summed E-state index contributed by atoms with van der Waals surface area (Å²) in [4.78, 5) is 12.5. The Hall–Kier alpha value is -3.72. The van der Waals surface area contributed by atoms with E-state index < -0.39 is 11.7 Å². The summed E-state index contributed by atoms with van der Waals surface area (Å²) in [6, 6.07) is 18.4. The lowest BCUT2D eigenvalue weighted by molar-refractivity contribution is -0.137. The van der Waals surface area contributed by atoms with E-state index in [0.717, 1.165) is 17.0 Å².